The van der Waals surface area contributed by atoms with Gasteiger partial charge in [0.25, 0.3) is 0 Å². The van der Waals surface area contributed by atoms with E-state index >= 15 is 0 Å². The molecule has 0 saturated carbocycles. The Bertz CT molecular complexity index is 525. The van der Waals surface area contributed by atoms with E-state index in [9.17, 15) is 0 Å². The monoisotopic (exact) mass is 491 g/mol. The van der Waals surface area contributed by atoms with E-state index in [1.807, 2.05) is 0 Å². The minimum Gasteiger partial charge on any atom is -0.298 e. The molecule has 0 unspecified atom stereocenters. The van der Waals surface area contributed by atoms with Crippen molar-refractivity contribution in [3.05, 3.63) is 23.6 Å². The second-order valence-corrected chi connectivity index (χ2v) is 20.7. The molecule has 0 radical (unpaired) electrons. The molecule has 0 atom stereocenters. The van der Waals surface area contributed by atoms with E-state index in [4.69, 9.17) is 4.99 Å². The molecule has 0 rings (SSSR count). The number of allylic oxidation sites excluding steroid dienone is 2. The fourth-order valence-electron chi connectivity index (χ4n) is 5.92. The van der Waals surface area contributed by atoms with Crippen LogP contribution in [0.4, 0.5) is 0 Å². The summed E-state index contributed by atoms with van der Waals surface area (Å²) in [6.45, 7) is 23.8. The highest BCUT2D eigenvalue weighted by Crippen LogP contribution is 2.33. The molecule has 0 bridgehead atoms. The van der Waals surface area contributed by atoms with E-state index in [1.54, 1.807) is 5.20 Å². The Balaban J connectivity index is 3.97. The van der Waals surface area contributed by atoms with Gasteiger partial charge in [-0.15, -0.1) is 13.2 Å². The van der Waals surface area contributed by atoms with Gasteiger partial charge in [-0.3, -0.25) is 4.99 Å². The Hall–Kier alpha value is -0.416. The average Bonchev–Trinajstić information content (AvgIpc) is 2.77. The van der Waals surface area contributed by atoms with Crippen LogP contribution in [0.2, 0.25) is 36.3 Å². The molecule has 0 spiro atoms. The molecule has 0 N–H and O–H groups in total. The van der Waals surface area contributed by atoms with Crippen molar-refractivity contribution >= 4 is 22.4 Å². The van der Waals surface area contributed by atoms with Crippen LogP contribution < -0.4 is 0 Å². The lowest BCUT2D eigenvalue weighted by Gasteiger charge is -2.32. The first kappa shape index (κ1) is 32.6. The van der Waals surface area contributed by atoms with Gasteiger partial charge in [0.05, 0.1) is 16.1 Å². The van der Waals surface area contributed by atoms with E-state index in [-0.39, 0.29) is 0 Å². The molecule has 0 aliphatic carbocycles. The minimum atomic E-state index is -1.34. The van der Waals surface area contributed by atoms with Crippen molar-refractivity contribution in [3.8, 4) is 0 Å². The first-order valence-corrected chi connectivity index (χ1v) is 19.9. The zero-order valence-electron chi connectivity index (χ0n) is 23.9. The highest BCUT2D eigenvalue weighted by Gasteiger charge is 2.31. The van der Waals surface area contributed by atoms with Crippen molar-refractivity contribution in [1.82, 2.24) is 0 Å². The van der Waals surface area contributed by atoms with Crippen LogP contribution in [0.25, 0.3) is 0 Å². The summed E-state index contributed by atoms with van der Waals surface area (Å²) in [6.07, 6.45) is 18.7. The summed E-state index contributed by atoms with van der Waals surface area (Å²) in [7, 11) is -2.55. The molecule has 3 heteroatoms. The highest BCUT2D eigenvalue weighted by atomic mass is 28.3. The van der Waals surface area contributed by atoms with Crippen LogP contribution in [0.3, 0.4) is 0 Å². The summed E-state index contributed by atoms with van der Waals surface area (Å²) in [5, 5.41) is 3.05. The molecule has 0 aromatic carbocycles. The Morgan fingerprint density at radius 3 is 1.39 bits per heavy atom. The van der Waals surface area contributed by atoms with Gasteiger partial charge in [-0.25, -0.2) is 0 Å². The topological polar surface area (TPSA) is 12.4 Å². The molecule has 0 aliphatic rings. The smallest absolute Gasteiger partial charge is 0.0856 e. The second kappa shape index (κ2) is 19.8. The van der Waals surface area contributed by atoms with Gasteiger partial charge in [0.15, 0.2) is 0 Å². The maximum atomic E-state index is 4.79. The molecule has 1 nitrogen and oxygen atoms in total. The van der Waals surface area contributed by atoms with Gasteiger partial charge >= 0.3 is 0 Å². The number of aliphatic imine (C=N–C) groups is 1. The second-order valence-electron chi connectivity index (χ2n) is 11.0. The van der Waals surface area contributed by atoms with Crippen LogP contribution >= 0.6 is 0 Å². The van der Waals surface area contributed by atoms with Crippen molar-refractivity contribution in [2.24, 2.45) is 4.99 Å². The first-order chi connectivity index (χ1) is 15.8. The zero-order valence-corrected chi connectivity index (χ0v) is 25.9. The summed E-state index contributed by atoms with van der Waals surface area (Å²) in [5.41, 5.74) is 0. The SMILES string of the molecule is C=C(C)[Si](CC=NCCCCCCCCCC[Si](CCC)(CCC)C(=C)C)(CCC)CCC. The lowest BCUT2D eigenvalue weighted by Crippen LogP contribution is -2.35. The zero-order chi connectivity index (χ0) is 25.0. The average molecular weight is 492 g/mol. The summed E-state index contributed by atoms with van der Waals surface area (Å²) in [5.74, 6) is 0. The Morgan fingerprint density at radius 1 is 0.576 bits per heavy atom. The number of unbranched alkanes of at least 4 members (excludes halogenated alkanes) is 7. The molecule has 0 fully saturated rings. The molecule has 0 amide bonds. The van der Waals surface area contributed by atoms with Crippen molar-refractivity contribution in [1.29, 1.82) is 0 Å². The molecular weight excluding hydrogens is 431 g/mol. The highest BCUT2D eigenvalue weighted by molar-refractivity contribution is 6.88. The van der Waals surface area contributed by atoms with Crippen LogP contribution in [0, 0.1) is 0 Å². The fraction of sp³-hybridized carbons (Fsp3) is 0.833. The summed E-state index contributed by atoms with van der Waals surface area (Å²) in [4.78, 5) is 4.79. The molecule has 0 aromatic heterocycles. The standard InChI is InChI=1S/C30H61NSi2/c1-9-23-32(24-10-2,29(5)6)27-20-18-16-14-13-15-17-19-21-31-22-28-33(25-11-3,26-12-4)30(7)8/h22H,5,7,9-21,23-28H2,1-4,6,8H3. The molecule has 0 aromatic rings. The van der Waals surface area contributed by atoms with Crippen LogP contribution in [0.15, 0.2) is 28.5 Å². The third kappa shape index (κ3) is 13.3. The van der Waals surface area contributed by atoms with E-state index in [0.29, 0.717) is 0 Å². The van der Waals surface area contributed by atoms with Gasteiger partial charge in [-0.05, 0) is 32.5 Å². The maximum Gasteiger partial charge on any atom is 0.0856 e. The molecule has 194 valence electrons. The Morgan fingerprint density at radius 2 is 0.970 bits per heavy atom. The van der Waals surface area contributed by atoms with Crippen molar-refractivity contribution < 1.29 is 0 Å². The van der Waals surface area contributed by atoms with Crippen molar-refractivity contribution in [2.45, 2.75) is 155 Å². The first-order valence-electron chi connectivity index (χ1n) is 14.6. The van der Waals surface area contributed by atoms with E-state index < -0.39 is 16.1 Å². The van der Waals surface area contributed by atoms with Gasteiger partial charge in [-0.1, -0.05) is 139 Å². The summed E-state index contributed by atoms with van der Waals surface area (Å²) < 4.78 is 0. The molecule has 0 aliphatic heterocycles. The normalized spacial score (nSPS) is 12.5. The number of rotatable bonds is 23. The fourth-order valence-corrected chi connectivity index (χ4v) is 15.0. The predicted molar refractivity (Wildman–Crippen MR) is 161 cm³/mol. The third-order valence-electron chi connectivity index (χ3n) is 8.03. The van der Waals surface area contributed by atoms with Gasteiger partial charge in [0, 0.05) is 6.54 Å². The maximum absolute atomic E-state index is 4.79. The Kier molecular flexibility index (Phi) is 19.6. The van der Waals surface area contributed by atoms with Gasteiger partial charge in [0.1, 0.15) is 0 Å². The van der Waals surface area contributed by atoms with Crippen LogP contribution in [0.1, 0.15) is 119 Å². The van der Waals surface area contributed by atoms with Gasteiger partial charge in [-0.2, -0.15) is 0 Å². The van der Waals surface area contributed by atoms with E-state index in [1.165, 1.54) is 119 Å². The third-order valence-corrected chi connectivity index (χ3v) is 19.8. The van der Waals surface area contributed by atoms with Crippen molar-refractivity contribution in [2.75, 3.05) is 6.54 Å². The lowest BCUT2D eigenvalue weighted by molar-refractivity contribution is 0.577. The quantitative estimate of drug-likeness (QED) is 0.0765. The van der Waals surface area contributed by atoms with Crippen LogP contribution in [-0.2, 0) is 0 Å². The number of hydrogen-bond donors (Lipinski definition) is 0. The Labute approximate surface area is 212 Å². The predicted octanol–water partition coefficient (Wildman–Crippen LogP) is 10.9. The molecular formula is C30H61NSi2. The van der Waals surface area contributed by atoms with Crippen LogP contribution in [0.5, 0.6) is 0 Å². The van der Waals surface area contributed by atoms with Gasteiger partial charge < -0.3 is 0 Å². The van der Waals surface area contributed by atoms with Crippen molar-refractivity contribution in [3.63, 3.8) is 0 Å². The molecule has 0 heterocycles. The molecule has 33 heavy (non-hydrogen) atoms. The largest absolute Gasteiger partial charge is 0.298 e. The minimum absolute atomic E-state index is 1.03. The summed E-state index contributed by atoms with van der Waals surface area (Å²) >= 11 is 0. The van der Waals surface area contributed by atoms with Gasteiger partial charge in [0.2, 0.25) is 0 Å². The van der Waals surface area contributed by atoms with E-state index in [2.05, 4.69) is 60.9 Å². The molecule has 0 saturated heterocycles. The summed E-state index contributed by atoms with van der Waals surface area (Å²) in [6, 6.07) is 8.41. The van der Waals surface area contributed by atoms with Crippen LogP contribution in [-0.4, -0.2) is 28.9 Å². The van der Waals surface area contributed by atoms with E-state index in [0.717, 1.165) is 6.54 Å². The number of nitrogens with zero attached hydrogens (tertiary/aromatic N) is 1. The number of hydrogen-bond acceptors (Lipinski definition) is 1. The lowest BCUT2D eigenvalue weighted by atomic mass is 10.1.